The minimum absolute atomic E-state index is 0.125. The third-order valence-electron chi connectivity index (χ3n) is 9.61. The van der Waals surface area contributed by atoms with Crippen LogP contribution in [-0.2, 0) is 59.5 Å². The Morgan fingerprint density at radius 3 is 2.23 bits per heavy atom. The molecule has 10 atom stereocenters. The second-order valence-corrected chi connectivity index (χ2v) is 14.0. The summed E-state index contributed by atoms with van der Waals surface area (Å²) in [5, 5.41) is -0.375. The van der Waals surface area contributed by atoms with Gasteiger partial charge in [-0.05, 0) is 38.1 Å². The molecule has 6 rings (SSSR count). The van der Waals surface area contributed by atoms with Crippen molar-refractivity contribution in [3.8, 4) is 11.5 Å². The van der Waals surface area contributed by atoms with Gasteiger partial charge < -0.3 is 38.1 Å². The molecule has 5 aliphatic rings. The summed E-state index contributed by atoms with van der Waals surface area (Å²) in [7, 11) is 2.13. The van der Waals surface area contributed by atoms with Crippen molar-refractivity contribution in [2.75, 3.05) is 20.2 Å². The molecule has 3 heterocycles. The second kappa shape index (κ2) is 12.8. The summed E-state index contributed by atoms with van der Waals surface area (Å²) in [6.45, 7) is 6.71. The van der Waals surface area contributed by atoms with Crippen LogP contribution in [0.3, 0.4) is 0 Å². The summed E-state index contributed by atoms with van der Waals surface area (Å²) < 4.78 is 41.1. The predicted molar refractivity (Wildman–Crippen MR) is 165 cm³/mol. The largest absolute Gasteiger partial charge is 0.484 e. The van der Waals surface area contributed by atoms with Gasteiger partial charge in [0.1, 0.15) is 24.3 Å². The first kappa shape index (κ1) is 33.3. The van der Waals surface area contributed by atoms with E-state index in [1.165, 1.54) is 46.4 Å². The lowest BCUT2D eigenvalue weighted by Crippen LogP contribution is -2.65. The lowest BCUT2D eigenvalue weighted by atomic mass is 9.53. The van der Waals surface area contributed by atoms with E-state index in [4.69, 9.17) is 33.2 Å². The molecule has 13 nitrogen and oxygen atoms in total. The van der Waals surface area contributed by atoms with Gasteiger partial charge in [0.15, 0.2) is 29.8 Å². The van der Waals surface area contributed by atoms with Gasteiger partial charge in [0.25, 0.3) is 0 Å². The third-order valence-corrected chi connectivity index (χ3v) is 11.0. The van der Waals surface area contributed by atoms with Crippen LogP contribution in [0.25, 0.3) is 0 Å². The fourth-order valence-electron chi connectivity index (χ4n) is 8.01. The van der Waals surface area contributed by atoms with Gasteiger partial charge in [-0.2, -0.15) is 0 Å². The van der Waals surface area contributed by atoms with Gasteiger partial charge in [0, 0.05) is 57.6 Å². The summed E-state index contributed by atoms with van der Waals surface area (Å²) in [5.74, 6) is -2.03. The Kier molecular flexibility index (Phi) is 9.05. The van der Waals surface area contributed by atoms with E-state index in [0.29, 0.717) is 11.5 Å². The average Bonchev–Trinajstić information content (AvgIpc) is 3.33. The molecule has 2 unspecified atom stereocenters. The Morgan fingerprint density at radius 2 is 1.57 bits per heavy atom. The number of likely N-dealkylation sites (tertiary alicyclic amines) is 1. The number of thioether (sulfide) groups is 1. The van der Waals surface area contributed by atoms with Crippen LogP contribution in [0.1, 0.15) is 52.2 Å². The molecule has 0 amide bonds. The fourth-order valence-corrected chi connectivity index (χ4v) is 9.52. The first-order valence-electron chi connectivity index (χ1n) is 15.7. The highest BCUT2D eigenvalue weighted by Gasteiger charge is 2.65. The monoisotopic (exact) mass is 673 g/mol. The number of nitrogens with zero attached hydrogens (tertiary/aromatic N) is 1. The van der Waals surface area contributed by atoms with Crippen LogP contribution in [0.15, 0.2) is 24.3 Å². The Morgan fingerprint density at radius 1 is 0.894 bits per heavy atom. The highest BCUT2D eigenvalue weighted by atomic mass is 32.2. The second-order valence-electron chi connectivity index (χ2n) is 12.7. The van der Waals surface area contributed by atoms with Gasteiger partial charge in [-0.15, -0.1) is 11.8 Å². The summed E-state index contributed by atoms with van der Waals surface area (Å²) in [6, 6.07) is 4.04. The minimum atomic E-state index is -1.27. The molecule has 0 saturated carbocycles. The summed E-state index contributed by atoms with van der Waals surface area (Å²) in [4.78, 5) is 63.2. The molecule has 0 aromatic heterocycles. The number of hydrogen-bond acceptors (Lipinski definition) is 14. The van der Waals surface area contributed by atoms with Gasteiger partial charge in [-0.1, -0.05) is 18.2 Å². The van der Waals surface area contributed by atoms with E-state index >= 15 is 0 Å². The summed E-state index contributed by atoms with van der Waals surface area (Å²) in [5.41, 5.74) is 0.814. The van der Waals surface area contributed by atoms with Crippen molar-refractivity contribution in [3.05, 3.63) is 35.4 Å². The van der Waals surface area contributed by atoms with E-state index in [-0.39, 0.29) is 23.8 Å². The molecule has 3 aliphatic heterocycles. The molecule has 14 heteroatoms. The molecule has 2 saturated heterocycles. The molecular formula is C33H39NO12S. The van der Waals surface area contributed by atoms with Gasteiger partial charge in [-0.25, -0.2) is 0 Å². The molecule has 1 spiro atoms. The summed E-state index contributed by atoms with van der Waals surface area (Å²) in [6.07, 6.45) is 0.726. The molecule has 2 aliphatic carbocycles. The van der Waals surface area contributed by atoms with Crippen LogP contribution in [0.2, 0.25) is 0 Å². The molecule has 0 radical (unpaired) electrons. The number of hydrogen-bond donors (Lipinski definition) is 0. The molecule has 1 aromatic carbocycles. The minimum Gasteiger partial charge on any atom is -0.484 e. The van der Waals surface area contributed by atoms with Gasteiger partial charge in [0.05, 0.1) is 5.25 Å². The Bertz CT molecular complexity index is 1510. The van der Waals surface area contributed by atoms with Crippen molar-refractivity contribution in [1.29, 1.82) is 0 Å². The number of carbonyl (C=O) groups excluding carboxylic acids is 5. The molecule has 254 valence electrons. The zero-order valence-electron chi connectivity index (χ0n) is 27.1. The van der Waals surface area contributed by atoms with Crippen LogP contribution in [0, 0.1) is 5.92 Å². The average molecular weight is 674 g/mol. The number of rotatable bonds is 8. The van der Waals surface area contributed by atoms with Crippen molar-refractivity contribution >= 4 is 41.6 Å². The number of benzene rings is 1. The van der Waals surface area contributed by atoms with Crippen molar-refractivity contribution < 1.29 is 57.1 Å². The maximum atomic E-state index is 12.4. The Labute approximate surface area is 276 Å². The van der Waals surface area contributed by atoms with E-state index in [1.807, 2.05) is 6.07 Å². The van der Waals surface area contributed by atoms with Gasteiger partial charge in [-0.3, -0.25) is 24.0 Å². The maximum Gasteiger partial charge on any atom is 0.308 e. The molecule has 0 N–H and O–H groups in total. The lowest BCUT2D eigenvalue weighted by molar-refractivity contribution is -0.237. The van der Waals surface area contributed by atoms with Crippen molar-refractivity contribution in [2.24, 2.45) is 5.92 Å². The van der Waals surface area contributed by atoms with Gasteiger partial charge >= 0.3 is 29.8 Å². The molecule has 2 fully saturated rings. The summed E-state index contributed by atoms with van der Waals surface area (Å²) >= 11 is 1.32. The van der Waals surface area contributed by atoms with Gasteiger partial charge in [0.2, 0.25) is 0 Å². The standard InChI is InChI=1S/C33H39NO12S/c1-15(35)40-14-24-28(42-17(3)37)29(43-18(4)38)30(44-19(5)39)32(45-24)47-25-10-8-21-22-13-20-7-9-23(41-16(2)36)27-26(20)33(21,31(25)46-27)11-12-34(22)6/h7-10,21-22,24-25,28-32H,11-14H2,1-6H3/t21?,22-,24-,25?,28-,29+,30-,31+,32+,33+/m1/s1. The third kappa shape index (κ3) is 5.99. The molecule has 1 aromatic rings. The van der Waals surface area contributed by atoms with Crippen LogP contribution < -0.4 is 9.47 Å². The fraction of sp³-hybridized carbons (Fsp3) is 0.606. The van der Waals surface area contributed by atoms with E-state index < -0.39 is 71.2 Å². The maximum absolute atomic E-state index is 12.4. The van der Waals surface area contributed by atoms with E-state index in [9.17, 15) is 24.0 Å². The SMILES string of the molecule is CC(=O)OC[C@H]1O[C@@H](SC2C=CC3[C@H]4Cc5ccc(OC(C)=O)c6c5[C@@]3(CCN4C)[C@H]2O6)[C@H](OC(C)=O)[C@@H](OC(C)=O)[C@@H]1OC(C)=O. The topological polar surface area (TPSA) is 153 Å². The van der Waals surface area contributed by atoms with Crippen molar-refractivity contribution in [1.82, 2.24) is 4.90 Å². The van der Waals surface area contributed by atoms with Crippen LogP contribution in [0.5, 0.6) is 11.5 Å². The molecular weight excluding hydrogens is 634 g/mol. The Balaban J connectivity index is 1.40. The number of likely N-dealkylation sites (N-methyl/N-ethyl adjacent to an activating group) is 1. The smallest absolute Gasteiger partial charge is 0.308 e. The van der Waals surface area contributed by atoms with Crippen LogP contribution in [-0.4, -0.2) is 102 Å². The van der Waals surface area contributed by atoms with E-state index in [1.54, 1.807) is 6.07 Å². The van der Waals surface area contributed by atoms with Crippen LogP contribution in [0.4, 0.5) is 0 Å². The van der Waals surface area contributed by atoms with Crippen molar-refractivity contribution in [2.45, 2.75) is 100 Å². The Hall–Kier alpha value is -3.62. The van der Waals surface area contributed by atoms with E-state index in [0.717, 1.165) is 30.5 Å². The number of carbonyl (C=O) groups is 5. The number of ether oxygens (including phenoxy) is 7. The first-order chi connectivity index (χ1) is 22.3. The zero-order valence-corrected chi connectivity index (χ0v) is 27.9. The zero-order chi connectivity index (χ0) is 33.8. The number of esters is 5. The first-order valence-corrected chi connectivity index (χ1v) is 16.6. The number of piperidine rings is 1. The highest BCUT2D eigenvalue weighted by Crippen LogP contribution is 2.64. The molecule has 47 heavy (non-hydrogen) atoms. The quantitative estimate of drug-likeness (QED) is 0.172. The highest BCUT2D eigenvalue weighted by molar-refractivity contribution is 8.00. The van der Waals surface area contributed by atoms with Crippen molar-refractivity contribution in [3.63, 3.8) is 0 Å². The predicted octanol–water partition coefficient (Wildman–Crippen LogP) is 2.24. The lowest BCUT2D eigenvalue weighted by Gasteiger charge is -2.57. The normalized spacial score (nSPS) is 34.7. The molecule has 2 bridgehead atoms. The van der Waals surface area contributed by atoms with E-state index in [2.05, 4.69) is 24.1 Å². The van der Waals surface area contributed by atoms with Crippen LogP contribution >= 0.6 is 11.8 Å².